The van der Waals surface area contributed by atoms with Gasteiger partial charge in [-0.25, -0.2) is 0 Å². The zero-order valence-corrected chi connectivity index (χ0v) is 4.68. The lowest BCUT2D eigenvalue weighted by molar-refractivity contribution is 0.330. The van der Waals surface area contributed by atoms with Gasteiger partial charge in [-0.05, 0) is 18.5 Å². The van der Waals surface area contributed by atoms with Gasteiger partial charge < -0.3 is 0 Å². The molecule has 0 atom stereocenters. The summed E-state index contributed by atoms with van der Waals surface area (Å²) in [5.74, 6) is 0. The second-order valence-corrected chi connectivity index (χ2v) is 1.72. The van der Waals surface area contributed by atoms with E-state index in [0.29, 0.717) is 0 Å². The Hall–Kier alpha value is 0.120. The highest BCUT2D eigenvalue weighted by molar-refractivity contribution is 6.37. The fourth-order valence-electron chi connectivity index (χ4n) is 0. The molecule has 1 nitrogen and oxygen atoms in total. The van der Waals surface area contributed by atoms with Gasteiger partial charge in [-0.1, -0.05) is 11.6 Å². The van der Waals surface area contributed by atoms with E-state index < -0.39 is 5.22 Å². The third kappa shape index (κ3) is 2.36. The fraction of sp³-hybridized carbons (Fsp3) is 0.333. The van der Waals surface area contributed by atoms with Crippen molar-refractivity contribution in [3.8, 4) is 0 Å². The molecule has 0 saturated carbocycles. The minimum atomic E-state index is -0.586. The number of hydrogen-bond acceptors (Lipinski definition) is 0. The van der Waals surface area contributed by atoms with E-state index in [1.54, 1.807) is 0 Å². The van der Waals surface area contributed by atoms with Crippen LogP contribution in [-0.4, -0.2) is 0 Å². The molecule has 0 aromatic rings. The Labute approximate surface area is 46.2 Å². The van der Waals surface area contributed by atoms with Crippen molar-refractivity contribution in [1.29, 1.82) is 0 Å². The first kappa shape index (κ1) is 6.12. The molecule has 3 heteroatoms. The Balaban J connectivity index is 3.68. The molecule has 6 heavy (non-hydrogen) atoms. The Morgan fingerprint density at radius 3 is 1.67 bits per heavy atom. The monoisotopic (exact) mass is 125 g/mol. The molecule has 1 radical (unpaired) electrons. The molecular formula is C3H3Cl2O. The van der Waals surface area contributed by atoms with Crippen LogP contribution in [0.1, 0.15) is 6.92 Å². The van der Waals surface area contributed by atoms with Crippen LogP contribution in [0.2, 0.25) is 0 Å². The van der Waals surface area contributed by atoms with Gasteiger partial charge in [0.25, 0.3) is 5.22 Å². The van der Waals surface area contributed by atoms with E-state index in [1.807, 2.05) is 0 Å². The molecule has 0 rings (SSSR count). The van der Waals surface area contributed by atoms with Crippen molar-refractivity contribution in [2.24, 2.45) is 0 Å². The summed E-state index contributed by atoms with van der Waals surface area (Å²) in [6.07, 6.45) is 0. The van der Waals surface area contributed by atoms with Crippen molar-refractivity contribution in [2.45, 2.75) is 6.92 Å². The predicted octanol–water partition coefficient (Wildman–Crippen LogP) is 2.08. The van der Waals surface area contributed by atoms with Crippen LogP contribution in [0.5, 0.6) is 0 Å². The highest BCUT2D eigenvalue weighted by Gasteiger charge is 1.89. The molecule has 0 aliphatic carbocycles. The second kappa shape index (κ2) is 2.32. The molecule has 0 aliphatic rings. The van der Waals surface area contributed by atoms with Gasteiger partial charge >= 0.3 is 0 Å². The van der Waals surface area contributed by atoms with Gasteiger partial charge in [-0.15, -0.1) is 0 Å². The van der Waals surface area contributed by atoms with E-state index in [2.05, 4.69) is 0 Å². The average Bonchev–Trinajstić information content (AvgIpc) is 1.36. The molecule has 35 valence electrons. The number of hydrogen-bond donors (Lipinski definition) is 0. The number of rotatable bonds is 0. The van der Waals surface area contributed by atoms with E-state index in [9.17, 15) is 5.11 Å². The Kier molecular flexibility index (Phi) is 2.37. The summed E-state index contributed by atoms with van der Waals surface area (Å²) in [5.41, 5.74) is 0. The maximum Gasteiger partial charge on any atom is 0.259 e. The lowest BCUT2D eigenvalue weighted by atomic mass is 10.7. The van der Waals surface area contributed by atoms with E-state index in [4.69, 9.17) is 23.2 Å². The van der Waals surface area contributed by atoms with Crippen LogP contribution in [0.25, 0.3) is 0 Å². The standard InChI is InChI=1S/C3H3Cl2O/c1-2(4)3(5)6/h1H3. The predicted molar refractivity (Wildman–Crippen MR) is 25.1 cm³/mol. The molecule has 0 aromatic carbocycles. The summed E-state index contributed by atoms with van der Waals surface area (Å²) in [6, 6.07) is 0. The number of allylic oxidation sites excluding steroid dienone is 1. The highest BCUT2D eigenvalue weighted by Crippen LogP contribution is 2.08. The summed E-state index contributed by atoms with van der Waals surface area (Å²) >= 11 is 9.85. The van der Waals surface area contributed by atoms with E-state index >= 15 is 0 Å². The zero-order chi connectivity index (χ0) is 5.15. The van der Waals surface area contributed by atoms with E-state index in [1.165, 1.54) is 6.92 Å². The third-order valence-electron chi connectivity index (χ3n) is 0.271. The van der Waals surface area contributed by atoms with Gasteiger partial charge in [-0.2, -0.15) is 0 Å². The zero-order valence-electron chi connectivity index (χ0n) is 3.16. The van der Waals surface area contributed by atoms with Crippen molar-refractivity contribution in [1.82, 2.24) is 0 Å². The summed E-state index contributed by atoms with van der Waals surface area (Å²) < 4.78 is 0. The first-order chi connectivity index (χ1) is 2.64. The van der Waals surface area contributed by atoms with Gasteiger partial charge in [0.05, 0.1) is 5.03 Å². The highest BCUT2D eigenvalue weighted by atomic mass is 35.5. The molecular weight excluding hydrogens is 123 g/mol. The topological polar surface area (TPSA) is 19.9 Å². The molecule has 0 unspecified atom stereocenters. The third-order valence-corrected chi connectivity index (χ3v) is 0.823. The maximum absolute atomic E-state index is 9.74. The fourth-order valence-corrected chi connectivity index (χ4v) is 0. The summed E-state index contributed by atoms with van der Waals surface area (Å²) in [7, 11) is 0. The molecule has 0 heterocycles. The van der Waals surface area contributed by atoms with Crippen molar-refractivity contribution in [3.63, 3.8) is 0 Å². The molecule has 0 aromatic heterocycles. The van der Waals surface area contributed by atoms with Crippen LogP contribution in [-0.2, 0) is 5.11 Å². The van der Waals surface area contributed by atoms with Gasteiger partial charge in [0, 0.05) is 0 Å². The van der Waals surface area contributed by atoms with Crippen LogP contribution in [0.4, 0.5) is 0 Å². The van der Waals surface area contributed by atoms with Crippen LogP contribution >= 0.6 is 23.2 Å². The summed E-state index contributed by atoms with van der Waals surface area (Å²) in [6.45, 7) is 1.44. The summed E-state index contributed by atoms with van der Waals surface area (Å²) in [4.78, 5) is 0. The van der Waals surface area contributed by atoms with Gasteiger partial charge in [0.2, 0.25) is 0 Å². The molecule has 0 amide bonds. The van der Waals surface area contributed by atoms with Gasteiger partial charge in [-0.3, -0.25) is 5.11 Å². The van der Waals surface area contributed by atoms with Crippen LogP contribution in [0, 0.1) is 0 Å². The minimum Gasteiger partial charge on any atom is -0.275 e. The minimum absolute atomic E-state index is 0.108. The maximum atomic E-state index is 9.74. The molecule has 0 N–H and O–H groups in total. The quantitative estimate of drug-likeness (QED) is 0.443. The normalized spacial score (nSPS) is 13.8. The SMILES string of the molecule is CC(Cl)=C([O])Cl. The largest absolute Gasteiger partial charge is 0.275 e. The van der Waals surface area contributed by atoms with Crippen molar-refractivity contribution in [2.75, 3.05) is 0 Å². The number of halogens is 2. The molecule has 0 bridgehead atoms. The first-order valence-electron chi connectivity index (χ1n) is 1.33. The average molecular weight is 126 g/mol. The van der Waals surface area contributed by atoms with Crippen molar-refractivity contribution < 1.29 is 5.11 Å². The van der Waals surface area contributed by atoms with E-state index in [-0.39, 0.29) is 5.03 Å². The molecule has 0 fully saturated rings. The second-order valence-electron chi connectivity index (χ2n) is 0.807. The Morgan fingerprint density at radius 2 is 1.67 bits per heavy atom. The smallest absolute Gasteiger partial charge is 0.259 e. The van der Waals surface area contributed by atoms with Gasteiger partial charge in [0.15, 0.2) is 0 Å². The Morgan fingerprint density at radius 1 is 1.50 bits per heavy atom. The Bertz CT molecular complexity index is 58.9. The van der Waals surface area contributed by atoms with Gasteiger partial charge in [0.1, 0.15) is 0 Å². The van der Waals surface area contributed by atoms with Crippen LogP contribution in [0.15, 0.2) is 10.3 Å². The van der Waals surface area contributed by atoms with Crippen LogP contribution in [0.3, 0.4) is 0 Å². The molecule has 0 saturated heterocycles. The summed E-state index contributed by atoms with van der Waals surface area (Å²) in [5, 5.41) is 9.26. The van der Waals surface area contributed by atoms with Crippen LogP contribution < -0.4 is 0 Å². The first-order valence-corrected chi connectivity index (χ1v) is 2.09. The molecule has 0 spiro atoms. The lowest BCUT2D eigenvalue weighted by Crippen LogP contribution is -1.61. The molecule has 0 aliphatic heterocycles. The van der Waals surface area contributed by atoms with E-state index in [0.717, 1.165) is 0 Å². The van der Waals surface area contributed by atoms with Crippen molar-refractivity contribution in [3.05, 3.63) is 10.3 Å². The lowest BCUT2D eigenvalue weighted by Gasteiger charge is -1.76. The van der Waals surface area contributed by atoms with Crippen molar-refractivity contribution >= 4 is 23.2 Å².